The molecular weight excluding hydrogens is 336 g/mol. The molecule has 7 heteroatoms. The first kappa shape index (κ1) is 16.5. The van der Waals surface area contributed by atoms with Crippen molar-refractivity contribution < 1.29 is 12.8 Å². The van der Waals surface area contributed by atoms with E-state index in [1.165, 1.54) is 4.31 Å². The average molecular weight is 355 g/mol. The van der Waals surface area contributed by atoms with Crippen LogP contribution in [0.15, 0.2) is 40.8 Å². The molecule has 3 rings (SSSR count). The van der Waals surface area contributed by atoms with E-state index in [0.717, 1.165) is 23.5 Å². The predicted molar refractivity (Wildman–Crippen MR) is 90.8 cm³/mol. The maximum Gasteiger partial charge on any atom is 0.214 e. The lowest BCUT2D eigenvalue weighted by atomic mass is 10.2. The van der Waals surface area contributed by atoms with E-state index in [-0.39, 0.29) is 5.75 Å². The van der Waals surface area contributed by atoms with E-state index in [9.17, 15) is 8.42 Å². The molecule has 2 aromatic rings. The van der Waals surface area contributed by atoms with Gasteiger partial charge in [-0.25, -0.2) is 12.7 Å². The zero-order valence-corrected chi connectivity index (χ0v) is 14.2. The smallest absolute Gasteiger partial charge is 0.214 e. The van der Waals surface area contributed by atoms with Gasteiger partial charge in [0.2, 0.25) is 10.0 Å². The van der Waals surface area contributed by atoms with Crippen LogP contribution in [-0.2, 0) is 16.6 Å². The number of furan rings is 1. The molecule has 0 radical (unpaired) electrons. The van der Waals surface area contributed by atoms with Crippen LogP contribution in [0.4, 0.5) is 0 Å². The molecule has 0 amide bonds. The van der Waals surface area contributed by atoms with Crippen LogP contribution < -0.4 is 5.32 Å². The summed E-state index contributed by atoms with van der Waals surface area (Å²) in [4.78, 5) is 0. The van der Waals surface area contributed by atoms with Crippen molar-refractivity contribution in [1.29, 1.82) is 0 Å². The topological polar surface area (TPSA) is 62.6 Å². The summed E-state index contributed by atoms with van der Waals surface area (Å²) in [5.41, 5.74) is 0.864. The molecule has 2 heterocycles. The molecule has 1 fully saturated rings. The number of nitrogens with one attached hydrogen (secondary N) is 1. The van der Waals surface area contributed by atoms with Crippen molar-refractivity contribution in [3.8, 4) is 11.3 Å². The van der Waals surface area contributed by atoms with Crippen LogP contribution >= 0.6 is 11.6 Å². The van der Waals surface area contributed by atoms with Crippen molar-refractivity contribution in [2.75, 3.05) is 25.4 Å². The van der Waals surface area contributed by atoms with Gasteiger partial charge in [-0.1, -0.05) is 23.7 Å². The molecule has 0 bridgehead atoms. The number of hydrogen-bond acceptors (Lipinski definition) is 4. The highest BCUT2D eigenvalue weighted by Crippen LogP contribution is 2.28. The molecule has 5 nitrogen and oxygen atoms in total. The van der Waals surface area contributed by atoms with Crippen molar-refractivity contribution in [3.05, 3.63) is 47.2 Å². The number of nitrogens with zero attached hydrogens (tertiary/aromatic N) is 1. The normalized spacial score (nSPS) is 17.6. The summed E-state index contributed by atoms with van der Waals surface area (Å²) in [6, 6.07) is 11.3. The molecular formula is C16H19ClN2O3S. The largest absolute Gasteiger partial charge is 0.460 e. The highest BCUT2D eigenvalue weighted by Gasteiger charge is 2.27. The van der Waals surface area contributed by atoms with E-state index in [1.807, 2.05) is 36.4 Å². The van der Waals surface area contributed by atoms with E-state index < -0.39 is 10.0 Å². The van der Waals surface area contributed by atoms with Crippen molar-refractivity contribution in [2.45, 2.75) is 13.0 Å². The summed E-state index contributed by atoms with van der Waals surface area (Å²) >= 11 is 6.16. The van der Waals surface area contributed by atoms with E-state index in [4.69, 9.17) is 16.0 Å². The minimum atomic E-state index is -3.01. The highest BCUT2D eigenvalue weighted by atomic mass is 35.5. The fourth-order valence-electron chi connectivity index (χ4n) is 2.64. The molecule has 0 atom stereocenters. The van der Waals surface area contributed by atoms with Gasteiger partial charge in [0.1, 0.15) is 11.5 Å². The van der Waals surface area contributed by atoms with Gasteiger partial charge in [-0.3, -0.25) is 0 Å². The van der Waals surface area contributed by atoms with Crippen LogP contribution in [0, 0.1) is 0 Å². The molecule has 23 heavy (non-hydrogen) atoms. The second-order valence-corrected chi connectivity index (χ2v) is 7.99. The Bertz CT molecular complexity index is 773. The number of rotatable bonds is 6. The SMILES string of the molecule is O=S1(=O)CCCN1CCNCc1ccc(-c2ccccc2Cl)o1. The van der Waals surface area contributed by atoms with Gasteiger partial charge in [-0.2, -0.15) is 0 Å². The number of hydrogen-bond donors (Lipinski definition) is 1. The molecule has 0 unspecified atom stereocenters. The highest BCUT2D eigenvalue weighted by molar-refractivity contribution is 7.89. The van der Waals surface area contributed by atoms with Crippen LogP contribution in [-0.4, -0.2) is 38.1 Å². The lowest BCUT2D eigenvalue weighted by Crippen LogP contribution is -2.33. The fourth-order valence-corrected chi connectivity index (χ4v) is 4.39. The van der Waals surface area contributed by atoms with Crippen LogP contribution in [0.1, 0.15) is 12.2 Å². The van der Waals surface area contributed by atoms with Gasteiger partial charge in [0.15, 0.2) is 0 Å². The summed E-state index contributed by atoms with van der Waals surface area (Å²) in [5.74, 6) is 1.80. The lowest BCUT2D eigenvalue weighted by molar-refractivity contribution is 0.424. The molecule has 0 aliphatic carbocycles. The Morgan fingerprint density at radius 1 is 1.22 bits per heavy atom. The summed E-state index contributed by atoms with van der Waals surface area (Å²) in [6.07, 6.45) is 0.724. The Morgan fingerprint density at radius 3 is 2.78 bits per heavy atom. The Labute approximate surface area is 141 Å². The molecule has 0 saturated carbocycles. The van der Waals surface area contributed by atoms with E-state index >= 15 is 0 Å². The molecule has 124 valence electrons. The third kappa shape index (κ3) is 3.95. The molecule has 1 aliphatic heterocycles. The molecule has 1 aliphatic rings. The second kappa shape index (κ2) is 7.05. The van der Waals surface area contributed by atoms with Crippen molar-refractivity contribution in [1.82, 2.24) is 9.62 Å². The summed E-state index contributed by atoms with van der Waals surface area (Å²) in [5, 5.41) is 3.87. The second-order valence-electron chi connectivity index (χ2n) is 5.49. The zero-order valence-electron chi connectivity index (χ0n) is 12.7. The molecule has 1 aromatic heterocycles. The van der Waals surface area contributed by atoms with Crippen LogP contribution in [0.25, 0.3) is 11.3 Å². The van der Waals surface area contributed by atoms with Gasteiger partial charge in [-0.15, -0.1) is 0 Å². The van der Waals surface area contributed by atoms with Gasteiger partial charge in [-0.05, 0) is 30.7 Å². The Balaban J connectivity index is 1.51. The maximum atomic E-state index is 11.7. The van der Waals surface area contributed by atoms with Crippen molar-refractivity contribution in [2.24, 2.45) is 0 Å². The van der Waals surface area contributed by atoms with Gasteiger partial charge < -0.3 is 9.73 Å². The van der Waals surface area contributed by atoms with Crippen LogP contribution in [0.5, 0.6) is 0 Å². The summed E-state index contributed by atoms with van der Waals surface area (Å²) < 4.78 is 30.7. The minimum Gasteiger partial charge on any atom is -0.460 e. The van der Waals surface area contributed by atoms with Gasteiger partial charge in [0.05, 0.1) is 17.3 Å². The maximum absolute atomic E-state index is 11.7. The lowest BCUT2D eigenvalue weighted by Gasteiger charge is -2.13. The Kier molecular flexibility index (Phi) is 5.06. The predicted octanol–water partition coefficient (Wildman–Crippen LogP) is 2.73. The van der Waals surface area contributed by atoms with Crippen molar-refractivity contribution in [3.63, 3.8) is 0 Å². The zero-order chi connectivity index (χ0) is 16.3. The monoisotopic (exact) mass is 354 g/mol. The standard InChI is InChI=1S/C16H19ClN2O3S/c17-15-5-2-1-4-14(15)16-7-6-13(22-16)12-18-8-10-19-9-3-11-23(19,20)21/h1-2,4-7,18H,3,8-12H2. The third-order valence-corrected chi connectivity index (χ3v) is 6.13. The van der Waals surface area contributed by atoms with E-state index in [0.29, 0.717) is 31.2 Å². The van der Waals surface area contributed by atoms with Gasteiger partial charge >= 0.3 is 0 Å². The first-order chi connectivity index (χ1) is 11.1. The van der Waals surface area contributed by atoms with Crippen LogP contribution in [0.3, 0.4) is 0 Å². The molecule has 1 saturated heterocycles. The van der Waals surface area contributed by atoms with Gasteiger partial charge in [0.25, 0.3) is 0 Å². The summed E-state index contributed by atoms with van der Waals surface area (Å²) in [6.45, 7) is 2.28. The quantitative estimate of drug-likeness (QED) is 0.810. The molecule has 1 N–H and O–H groups in total. The first-order valence-electron chi connectivity index (χ1n) is 7.58. The van der Waals surface area contributed by atoms with Crippen molar-refractivity contribution >= 4 is 21.6 Å². The van der Waals surface area contributed by atoms with Crippen LogP contribution in [0.2, 0.25) is 5.02 Å². The van der Waals surface area contributed by atoms with E-state index in [1.54, 1.807) is 0 Å². The first-order valence-corrected chi connectivity index (χ1v) is 9.57. The summed E-state index contributed by atoms with van der Waals surface area (Å²) in [7, 11) is -3.01. The number of sulfonamides is 1. The third-order valence-electron chi connectivity index (χ3n) is 3.84. The minimum absolute atomic E-state index is 0.270. The Hall–Kier alpha value is -1.34. The molecule has 0 spiro atoms. The van der Waals surface area contributed by atoms with Gasteiger partial charge in [0, 0.05) is 25.2 Å². The number of halogens is 1. The van der Waals surface area contributed by atoms with E-state index in [2.05, 4.69) is 5.32 Å². The average Bonchev–Trinajstić information content (AvgIpc) is 3.11. The molecule has 1 aromatic carbocycles. The fraction of sp³-hybridized carbons (Fsp3) is 0.375. The number of benzene rings is 1. The Morgan fingerprint density at radius 2 is 2.04 bits per heavy atom.